The van der Waals surface area contributed by atoms with Gasteiger partial charge >= 0.3 is 5.69 Å². The van der Waals surface area contributed by atoms with E-state index in [9.17, 15) is 20.3 Å². The summed E-state index contributed by atoms with van der Waals surface area (Å²) < 4.78 is 0. The molecule has 0 unspecified atom stereocenters. The molecular weight excluding hydrogens is 224 g/mol. The molecule has 0 saturated carbocycles. The summed E-state index contributed by atoms with van der Waals surface area (Å²) in [6.45, 7) is 1.39. The third-order valence-electron chi connectivity index (χ3n) is 2.99. The maximum absolute atomic E-state index is 10.6. The second-order valence-electron chi connectivity index (χ2n) is 4.15. The number of aromatic hydroxyl groups is 1. The number of hydrogen-bond acceptors (Lipinski definition) is 5. The van der Waals surface area contributed by atoms with Crippen molar-refractivity contribution in [1.29, 1.82) is 0 Å². The average Bonchev–Trinajstić information content (AvgIpc) is 2.29. The van der Waals surface area contributed by atoms with Crippen molar-refractivity contribution in [3.8, 4) is 5.75 Å². The number of aliphatic hydroxyl groups is 1. The van der Waals surface area contributed by atoms with Gasteiger partial charge in [0.05, 0.1) is 11.0 Å². The van der Waals surface area contributed by atoms with E-state index in [0.29, 0.717) is 25.9 Å². The quantitative estimate of drug-likeness (QED) is 0.598. The Bertz CT molecular complexity index is 427. The van der Waals surface area contributed by atoms with Crippen LogP contribution in [0.5, 0.6) is 5.75 Å². The number of phenolic OH excluding ortho intramolecular Hbond substituents is 1. The highest BCUT2D eigenvalue weighted by molar-refractivity contribution is 5.58. The highest BCUT2D eigenvalue weighted by Gasteiger charge is 2.20. The fraction of sp³-hybridized carbons (Fsp3) is 0.455. The van der Waals surface area contributed by atoms with Crippen molar-refractivity contribution in [3.05, 3.63) is 28.3 Å². The molecule has 1 fully saturated rings. The van der Waals surface area contributed by atoms with Crippen LogP contribution in [0.4, 0.5) is 11.4 Å². The van der Waals surface area contributed by atoms with Crippen molar-refractivity contribution in [2.45, 2.75) is 18.9 Å². The normalized spacial score (nSPS) is 17.1. The summed E-state index contributed by atoms with van der Waals surface area (Å²) in [5.74, 6) is -0.321. The van der Waals surface area contributed by atoms with Crippen molar-refractivity contribution < 1.29 is 15.1 Å². The van der Waals surface area contributed by atoms with Crippen LogP contribution in [0.1, 0.15) is 12.8 Å². The zero-order valence-electron chi connectivity index (χ0n) is 9.24. The Morgan fingerprint density at radius 3 is 2.53 bits per heavy atom. The first-order chi connectivity index (χ1) is 8.08. The predicted octanol–water partition coefficient (Wildman–Crippen LogP) is 1.26. The van der Waals surface area contributed by atoms with E-state index >= 15 is 0 Å². The molecule has 0 spiro atoms. The van der Waals surface area contributed by atoms with E-state index in [0.717, 1.165) is 5.69 Å². The van der Waals surface area contributed by atoms with Gasteiger partial charge in [0.2, 0.25) is 0 Å². The fourth-order valence-corrected chi connectivity index (χ4v) is 1.99. The molecule has 92 valence electrons. The summed E-state index contributed by atoms with van der Waals surface area (Å²) in [5, 5.41) is 29.5. The molecule has 6 heteroatoms. The topological polar surface area (TPSA) is 86.8 Å². The Labute approximate surface area is 98.3 Å². The second kappa shape index (κ2) is 4.58. The number of rotatable bonds is 2. The predicted molar refractivity (Wildman–Crippen MR) is 62.2 cm³/mol. The molecule has 0 bridgehead atoms. The molecule has 1 aliphatic rings. The third kappa shape index (κ3) is 2.47. The second-order valence-corrected chi connectivity index (χ2v) is 4.15. The summed E-state index contributed by atoms with van der Waals surface area (Å²) >= 11 is 0. The van der Waals surface area contributed by atoms with Gasteiger partial charge in [-0.05, 0) is 18.9 Å². The lowest BCUT2D eigenvalue weighted by Gasteiger charge is -2.31. The molecule has 0 aliphatic carbocycles. The molecule has 1 heterocycles. The van der Waals surface area contributed by atoms with E-state index in [4.69, 9.17) is 0 Å². The molecule has 0 aromatic heterocycles. The number of nitro groups is 1. The summed E-state index contributed by atoms with van der Waals surface area (Å²) in [5.41, 5.74) is 0.464. The third-order valence-corrected chi connectivity index (χ3v) is 2.99. The summed E-state index contributed by atoms with van der Waals surface area (Å²) in [7, 11) is 0. The number of phenols is 1. The number of nitrogens with zero attached hydrogens (tertiary/aromatic N) is 2. The number of nitro benzene ring substituents is 1. The number of hydrogen-bond donors (Lipinski definition) is 2. The standard InChI is InChI=1S/C11H14N2O4/c14-9-3-5-12(6-4-9)8-1-2-10(13(16)17)11(15)7-8/h1-2,7,9,14-15H,3-6H2. The first kappa shape index (κ1) is 11.7. The van der Waals surface area contributed by atoms with Gasteiger partial charge in [0.15, 0.2) is 5.75 Å². The minimum Gasteiger partial charge on any atom is -0.502 e. The van der Waals surface area contributed by atoms with Crippen molar-refractivity contribution >= 4 is 11.4 Å². The maximum Gasteiger partial charge on any atom is 0.310 e. The van der Waals surface area contributed by atoms with Crippen LogP contribution in [-0.4, -0.2) is 34.3 Å². The van der Waals surface area contributed by atoms with Crippen molar-refractivity contribution in [2.24, 2.45) is 0 Å². The van der Waals surface area contributed by atoms with Crippen LogP contribution in [0.15, 0.2) is 18.2 Å². The van der Waals surface area contributed by atoms with Crippen molar-refractivity contribution in [2.75, 3.05) is 18.0 Å². The van der Waals surface area contributed by atoms with Crippen LogP contribution in [0, 0.1) is 10.1 Å². The maximum atomic E-state index is 10.6. The molecule has 6 nitrogen and oxygen atoms in total. The lowest BCUT2D eigenvalue weighted by Crippen LogP contribution is -2.35. The molecule has 1 aromatic carbocycles. The first-order valence-electron chi connectivity index (χ1n) is 5.48. The van der Waals surface area contributed by atoms with E-state index in [-0.39, 0.29) is 17.5 Å². The van der Waals surface area contributed by atoms with Gasteiger partial charge in [-0.25, -0.2) is 0 Å². The fourth-order valence-electron chi connectivity index (χ4n) is 1.99. The molecule has 0 amide bonds. The van der Waals surface area contributed by atoms with Crippen LogP contribution < -0.4 is 4.90 Å². The Morgan fingerprint density at radius 2 is 2.00 bits per heavy atom. The van der Waals surface area contributed by atoms with Crippen molar-refractivity contribution in [1.82, 2.24) is 0 Å². The van der Waals surface area contributed by atoms with Gasteiger partial charge in [-0.2, -0.15) is 0 Å². The molecule has 1 aliphatic heterocycles. The monoisotopic (exact) mass is 238 g/mol. The van der Waals surface area contributed by atoms with Crippen LogP contribution in [0.3, 0.4) is 0 Å². The van der Waals surface area contributed by atoms with Gasteiger partial charge in [0.25, 0.3) is 0 Å². The Hall–Kier alpha value is -1.82. The number of piperidine rings is 1. The first-order valence-corrected chi connectivity index (χ1v) is 5.48. The van der Waals surface area contributed by atoms with E-state index in [2.05, 4.69) is 0 Å². The zero-order valence-corrected chi connectivity index (χ0v) is 9.24. The molecule has 0 radical (unpaired) electrons. The Kier molecular flexibility index (Phi) is 3.14. The highest BCUT2D eigenvalue weighted by atomic mass is 16.6. The molecule has 1 aromatic rings. The SMILES string of the molecule is O=[N+]([O-])c1ccc(N2CCC(O)CC2)cc1O. The van der Waals surface area contributed by atoms with Crippen LogP contribution in [0.25, 0.3) is 0 Å². The molecule has 2 N–H and O–H groups in total. The minimum atomic E-state index is -0.612. The van der Waals surface area contributed by atoms with E-state index in [1.807, 2.05) is 4.90 Å². The molecule has 17 heavy (non-hydrogen) atoms. The van der Waals surface area contributed by atoms with E-state index in [1.165, 1.54) is 12.1 Å². The summed E-state index contributed by atoms with van der Waals surface area (Å²) in [6, 6.07) is 4.32. The van der Waals surface area contributed by atoms with E-state index in [1.54, 1.807) is 6.07 Å². The number of benzene rings is 1. The molecular formula is C11H14N2O4. The largest absolute Gasteiger partial charge is 0.502 e. The van der Waals surface area contributed by atoms with Gasteiger partial charge in [0, 0.05) is 30.9 Å². The van der Waals surface area contributed by atoms with Gasteiger partial charge in [-0.15, -0.1) is 0 Å². The highest BCUT2D eigenvalue weighted by Crippen LogP contribution is 2.31. The van der Waals surface area contributed by atoms with Gasteiger partial charge in [-0.3, -0.25) is 10.1 Å². The van der Waals surface area contributed by atoms with Gasteiger partial charge in [0.1, 0.15) is 0 Å². The van der Waals surface area contributed by atoms with Crippen LogP contribution in [-0.2, 0) is 0 Å². The molecule has 2 rings (SSSR count). The van der Waals surface area contributed by atoms with Gasteiger partial charge in [-0.1, -0.05) is 0 Å². The summed E-state index contributed by atoms with van der Waals surface area (Å²) in [4.78, 5) is 11.9. The number of aliphatic hydroxyl groups excluding tert-OH is 1. The van der Waals surface area contributed by atoms with E-state index < -0.39 is 4.92 Å². The van der Waals surface area contributed by atoms with Crippen LogP contribution in [0.2, 0.25) is 0 Å². The van der Waals surface area contributed by atoms with Gasteiger partial charge < -0.3 is 15.1 Å². The zero-order chi connectivity index (χ0) is 12.4. The Balaban J connectivity index is 2.17. The minimum absolute atomic E-state index is 0.266. The number of anilines is 1. The Morgan fingerprint density at radius 1 is 1.35 bits per heavy atom. The average molecular weight is 238 g/mol. The lowest BCUT2D eigenvalue weighted by molar-refractivity contribution is -0.385. The smallest absolute Gasteiger partial charge is 0.310 e. The van der Waals surface area contributed by atoms with Crippen molar-refractivity contribution in [3.63, 3.8) is 0 Å². The lowest BCUT2D eigenvalue weighted by atomic mass is 10.1. The molecule has 1 saturated heterocycles. The van der Waals surface area contributed by atoms with Crippen LogP contribution >= 0.6 is 0 Å². The summed E-state index contributed by atoms with van der Waals surface area (Å²) in [6.07, 6.45) is 1.09. The molecule has 0 atom stereocenters.